The largest absolute Gasteiger partial charge is 0.497 e. The van der Waals surface area contributed by atoms with Crippen molar-refractivity contribution in [2.45, 2.75) is 6.92 Å². The minimum atomic E-state index is -0.441. The van der Waals surface area contributed by atoms with Gasteiger partial charge in [-0.15, -0.1) is 0 Å². The van der Waals surface area contributed by atoms with Gasteiger partial charge in [-0.05, 0) is 53.8 Å². The van der Waals surface area contributed by atoms with Gasteiger partial charge in [-0.2, -0.15) is 0 Å². The number of benzene rings is 4. The van der Waals surface area contributed by atoms with Crippen molar-refractivity contribution in [2.24, 2.45) is 0 Å². The molecule has 0 spiro atoms. The maximum absolute atomic E-state index is 13.7. The van der Waals surface area contributed by atoms with Crippen LogP contribution in [0.5, 0.6) is 5.75 Å². The Morgan fingerprint density at radius 2 is 1.59 bits per heavy atom. The number of carbonyl (C=O) groups excluding carboxylic acids is 2. The Morgan fingerprint density at radius 3 is 2.32 bits per heavy atom. The van der Waals surface area contributed by atoms with E-state index >= 15 is 0 Å². The summed E-state index contributed by atoms with van der Waals surface area (Å²) in [5.41, 5.74) is 3.14. The molecular formula is C28H21ClN2O3. The SMILES string of the molecule is COc1ccc(C2=C(Nc3cccc4ccccc34)C(=O)N(c3ccc(C)c(Cl)c3)C2=O)cc1. The quantitative estimate of drug-likeness (QED) is 0.354. The summed E-state index contributed by atoms with van der Waals surface area (Å²) in [5.74, 6) is -0.201. The van der Waals surface area contributed by atoms with E-state index in [-0.39, 0.29) is 11.3 Å². The number of carbonyl (C=O) groups is 2. The monoisotopic (exact) mass is 468 g/mol. The Bertz CT molecular complexity index is 1470. The maximum Gasteiger partial charge on any atom is 0.282 e. The van der Waals surface area contributed by atoms with Gasteiger partial charge in [0.1, 0.15) is 11.4 Å². The minimum Gasteiger partial charge on any atom is -0.497 e. The van der Waals surface area contributed by atoms with Crippen LogP contribution in [0, 0.1) is 6.92 Å². The van der Waals surface area contributed by atoms with Gasteiger partial charge in [-0.1, -0.05) is 66.2 Å². The fraction of sp³-hybridized carbons (Fsp3) is 0.0714. The van der Waals surface area contributed by atoms with Gasteiger partial charge < -0.3 is 10.1 Å². The molecule has 0 aliphatic carbocycles. The number of amides is 2. The highest BCUT2D eigenvalue weighted by Crippen LogP contribution is 2.36. The number of hydrogen-bond acceptors (Lipinski definition) is 4. The molecule has 5 rings (SSSR count). The third-order valence-electron chi connectivity index (χ3n) is 5.93. The van der Waals surface area contributed by atoms with Crippen molar-refractivity contribution >= 4 is 51.1 Å². The number of rotatable bonds is 5. The van der Waals surface area contributed by atoms with E-state index in [1.165, 1.54) is 4.90 Å². The number of ether oxygens (including phenoxy) is 1. The highest BCUT2D eigenvalue weighted by atomic mass is 35.5. The van der Waals surface area contributed by atoms with Crippen molar-refractivity contribution in [3.05, 3.63) is 107 Å². The third-order valence-corrected chi connectivity index (χ3v) is 6.33. The first-order valence-corrected chi connectivity index (χ1v) is 11.1. The fourth-order valence-corrected chi connectivity index (χ4v) is 4.27. The number of anilines is 2. The van der Waals surface area contributed by atoms with Crippen LogP contribution in [0.4, 0.5) is 11.4 Å². The third kappa shape index (κ3) is 3.70. The van der Waals surface area contributed by atoms with Crippen molar-refractivity contribution in [1.82, 2.24) is 0 Å². The van der Waals surface area contributed by atoms with Crippen molar-refractivity contribution in [2.75, 3.05) is 17.3 Å². The van der Waals surface area contributed by atoms with Crippen molar-refractivity contribution in [3.8, 4) is 5.75 Å². The molecule has 0 saturated carbocycles. The zero-order valence-corrected chi connectivity index (χ0v) is 19.4. The van der Waals surface area contributed by atoms with Gasteiger partial charge in [0.25, 0.3) is 11.8 Å². The minimum absolute atomic E-state index is 0.211. The fourth-order valence-electron chi connectivity index (χ4n) is 4.10. The summed E-state index contributed by atoms with van der Waals surface area (Å²) in [6.45, 7) is 1.87. The molecule has 34 heavy (non-hydrogen) atoms. The number of imide groups is 1. The molecule has 0 bridgehead atoms. The average Bonchev–Trinajstić information content (AvgIpc) is 3.10. The predicted octanol–water partition coefficient (Wildman–Crippen LogP) is 6.21. The molecule has 0 fully saturated rings. The van der Waals surface area contributed by atoms with Gasteiger partial charge in [-0.3, -0.25) is 9.59 Å². The summed E-state index contributed by atoms with van der Waals surface area (Å²) >= 11 is 6.31. The van der Waals surface area contributed by atoms with E-state index < -0.39 is 11.8 Å². The van der Waals surface area contributed by atoms with Crippen LogP contribution < -0.4 is 15.0 Å². The van der Waals surface area contributed by atoms with E-state index in [9.17, 15) is 9.59 Å². The molecule has 2 amide bonds. The van der Waals surface area contributed by atoms with E-state index in [2.05, 4.69) is 5.32 Å². The number of halogens is 1. The molecule has 1 N–H and O–H groups in total. The topological polar surface area (TPSA) is 58.6 Å². The second kappa shape index (κ2) is 8.69. The lowest BCUT2D eigenvalue weighted by Gasteiger charge is -2.16. The van der Waals surface area contributed by atoms with E-state index in [1.807, 2.05) is 49.4 Å². The normalized spacial score (nSPS) is 13.7. The van der Waals surface area contributed by atoms with Gasteiger partial charge in [0.15, 0.2) is 0 Å². The number of nitrogens with zero attached hydrogens (tertiary/aromatic N) is 1. The second-order valence-corrected chi connectivity index (χ2v) is 8.42. The van der Waals surface area contributed by atoms with Gasteiger partial charge in [0, 0.05) is 16.1 Å². The van der Waals surface area contributed by atoms with Crippen LogP contribution in [0.15, 0.2) is 90.6 Å². The van der Waals surface area contributed by atoms with Crippen molar-refractivity contribution < 1.29 is 14.3 Å². The molecule has 0 radical (unpaired) electrons. The highest BCUT2D eigenvalue weighted by Gasteiger charge is 2.40. The van der Waals surface area contributed by atoms with E-state index in [4.69, 9.17) is 16.3 Å². The Morgan fingerprint density at radius 1 is 0.853 bits per heavy atom. The molecule has 0 atom stereocenters. The first-order valence-electron chi connectivity index (χ1n) is 10.8. The number of nitrogens with one attached hydrogen (secondary N) is 1. The number of aryl methyl sites for hydroxylation is 1. The zero-order valence-electron chi connectivity index (χ0n) is 18.6. The first kappa shape index (κ1) is 21.7. The smallest absolute Gasteiger partial charge is 0.282 e. The highest BCUT2D eigenvalue weighted by molar-refractivity contribution is 6.46. The van der Waals surface area contributed by atoms with Crippen molar-refractivity contribution in [1.29, 1.82) is 0 Å². The molecule has 1 aliphatic rings. The number of hydrogen-bond donors (Lipinski definition) is 1. The summed E-state index contributed by atoms with van der Waals surface area (Å²) in [4.78, 5) is 28.5. The molecule has 0 unspecified atom stereocenters. The lowest BCUT2D eigenvalue weighted by Crippen LogP contribution is -2.32. The van der Waals surface area contributed by atoms with Gasteiger partial charge in [0.05, 0.1) is 18.4 Å². The summed E-state index contributed by atoms with van der Waals surface area (Å²) < 4.78 is 5.26. The second-order valence-electron chi connectivity index (χ2n) is 8.01. The van der Waals surface area contributed by atoms with Gasteiger partial charge >= 0.3 is 0 Å². The van der Waals surface area contributed by atoms with Crippen LogP contribution in [0.25, 0.3) is 16.3 Å². The standard InChI is InChI=1S/C28H21ClN2O3/c1-17-10-13-20(16-23(17)29)31-27(32)25(19-11-14-21(34-2)15-12-19)26(28(31)33)30-24-9-5-7-18-6-3-4-8-22(18)24/h3-16,30H,1-2H3. The zero-order chi connectivity index (χ0) is 23.8. The Hall–Kier alpha value is -4.09. The molecule has 0 aromatic heterocycles. The lowest BCUT2D eigenvalue weighted by atomic mass is 10.0. The Labute approximate surface area is 202 Å². The molecule has 1 aliphatic heterocycles. The average molecular weight is 469 g/mol. The van der Waals surface area contributed by atoms with Crippen LogP contribution in [-0.2, 0) is 9.59 Å². The van der Waals surface area contributed by atoms with Crippen LogP contribution in [0.2, 0.25) is 5.02 Å². The Kier molecular flexibility index (Phi) is 5.56. The Balaban J connectivity index is 1.65. The summed E-state index contributed by atoms with van der Waals surface area (Å²) in [7, 11) is 1.58. The summed E-state index contributed by atoms with van der Waals surface area (Å²) in [6.07, 6.45) is 0. The van der Waals surface area contributed by atoms with Crippen molar-refractivity contribution in [3.63, 3.8) is 0 Å². The van der Waals surface area contributed by atoms with Gasteiger partial charge in [-0.25, -0.2) is 4.90 Å². The molecular weight excluding hydrogens is 448 g/mol. The van der Waals surface area contributed by atoms with Crippen LogP contribution in [-0.4, -0.2) is 18.9 Å². The summed E-state index contributed by atoms with van der Waals surface area (Å²) in [6, 6.07) is 25.9. The molecule has 0 saturated heterocycles. The maximum atomic E-state index is 13.7. The van der Waals surface area contributed by atoms with E-state index in [0.717, 1.165) is 22.0 Å². The van der Waals surface area contributed by atoms with Crippen LogP contribution in [0.3, 0.4) is 0 Å². The number of methoxy groups -OCH3 is 1. The predicted molar refractivity (Wildman–Crippen MR) is 136 cm³/mol. The van der Waals surface area contributed by atoms with Crippen LogP contribution in [0.1, 0.15) is 11.1 Å². The van der Waals surface area contributed by atoms with Gasteiger partial charge in [0.2, 0.25) is 0 Å². The molecule has 4 aromatic rings. The molecule has 4 aromatic carbocycles. The molecule has 168 valence electrons. The first-order chi connectivity index (χ1) is 16.5. The van der Waals surface area contributed by atoms with Crippen LogP contribution >= 0.6 is 11.6 Å². The molecule has 5 nitrogen and oxygen atoms in total. The molecule has 1 heterocycles. The number of fused-ring (bicyclic) bond motifs is 1. The van der Waals surface area contributed by atoms with E-state index in [1.54, 1.807) is 49.6 Å². The lowest BCUT2D eigenvalue weighted by molar-refractivity contribution is -0.120. The van der Waals surface area contributed by atoms with E-state index in [0.29, 0.717) is 22.0 Å². The summed E-state index contributed by atoms with van der Waals surface area (Å²) in [5, 5.41) is 5.73. The molecule has 6 heteroatoms.